The largest absolute Gasteiger partial charge is 0.494 e. The zero-order valence-electron chi connectivity index (χ0n) is 13.3. The summed E-state index contributed by atoms with van der Waals surface area (Å²) in [6.45, 7) is 0.491. The minimum absolute atomic E-state index is 0.416. The summed E-state index contributed by atoms with van der Waals surface area (Å²) in [5, 5.41) is 0. The van der Waals surface area contributed by atoms with Gasteiger partial charge in [-0.25, -0.2) is 0 Å². The van der Waals surface area contributed by atoms with Crippen LogP contribution in [0.3, 0.4) is 0 Å². The van der Waals surface area contributed by atoms with Gasteiger partial charge in [-0.1, -0.05) is 18.2 Å². The molecule has 1 aromatic carbocycles. The maximum Gasteiger partial charge on any atom is 0.459 e. The van der Waals surface area contributed by atoms with Crippen LogP contribution in [0.15, 0.2) is 30.3 Å². The van der Waals surface area contributed by atoms with Crippen LogP contribution in [0.2, 0.25) is 0 Å². The third kappa shape index (κ3) is 6.95. The van der Waals surface area contributed by atoms with E-state index in [4.69, 9.17) is 4.74 Å². The molecule has 0 fully saturated rings. The van der Waals surface area contributed by atoms with Crippen molar-refractivity contribution in [3.8, 4) is 5.75 Å². The Hall–Kier alpha value is -1.12. The van der Waals surface area contributed by atoms with Crippen molar-refractivity contribution in [2.75, 3.05) is 18.1 Å². The Labute approximate surface area is 145 Å². The van der Waals surface area contributed by atoms with E-state index in [1.54, 1.807) is 0 Å². The number of alkyl halides is 7. The lowest BCUT2D eigenvalue weighted by Gasteiger charge is -2.28. The summed E-state index contributed by atoms with van der Waals surface area (Å²) in [6, 6.07) is 9.16. The fourth-order valence-corrected chi connectivity index (χ4v) is 2.87. The van der Waals surface area contributed by atoms with Crippen LogP contribution in [0.4, 0.5) is 30.7 Å². The van der Waals surface area contributed by atoms with E-state index in [9.17, 15) is 30.7 Å². The molecule has 0 saturated carbocycles. The van der Waals surface area contributed by atoms with E-state index >= 15 is 0 Å². The second-order valence-electron chi connectivity index (χ2n) is 5.36. The van der Waals surface area contributed by atoms with Gasteiger partial charge in [-0.2, -0.15) is 42.5 Å². The molecule has 1 nitrogen and oxygen atoms in total. The van der Waals surface area contributed by atoms with Crippen LogP contribution in [0.5, 0.6) is 5.75 Å². The summed E-state index contributed by atoms with van der Waals surface area (Å²) < 4.78 is 92.7. The number of halogens is 7. The molecule has 0 heterocycles. The fourth-order valence-electron chi connectivity index (χ4n) is 1.86. The van der Waals surface area contributed by atoms with E-state index in [1.165, 1.54) is 0 Å². The van der Waals surface area contributed by atoms with Crippen molar-refractivity contribution in [3.05, 3.63) is 30.3 Å². The molecule has 144 valence electrons. The van der Waals surface area contributed by atoms with Crippen molar-refractivity contribution in [3.63, 3.8) is 0 Å². The van der Waals surface area contributed by atoms with Gasteiger partial charge < -0.3 is 4.74 Å². The van der Waals surface area contributed by atoms with Crippen LogP contribution in [0.25, 0.3) is 0 Å². The van der Waals surface area contributed by atoms with Crippen LogP contribution in [-0.2, 0) is 0 Å². The molecule has 0 radical (unpaired) electrons. The predicted octanol–water partition coefficient (Wildman–Crippen LogP) is 6.19. The topological polar surface area (TPSA) is 9.23 Å². The molecule has 0 bridgehead atoms. The van der Waals surface area contributed by atoms with Crippen molar-refractivity contribution in [2.45, 2.75) is 43.7 Å². The summed E-state index contributed by atoms with van der Waals surface area (Å²) >= 11 is 0.940. The van der Waals surface area contributed by atoms with Crippen molar-refractivity contribution in [1.29, 1.82) is 0 Å². The summed E-state index contributed by atoms with van der Waals surface area (Å²) in [4.78, 5) is 0. The van der Waals surface area contributed by atoms with Gasteiger partial charge in [0.2, 0.25) is 0 Å². The van der Waals surface area contributed by atoms with Crippen molar-refractivity contribution in [2.24, 2.45) is 0 Å². The van der Waals surface area contributed by atoms with Crippen LogP contribution < -0.4 is 4.74 Å². The maximum absolute atomic E-state index is 13.0. The molecule has 0 aliphatic rings. The average Bonchev–Trinajstić information content (AvgIpc) is 2.53. The third-order valence-electron chi connectivity index (χ3n) is 3.32. The number of hydrogen-bond acceptors (Lipinski definition) is 2. The van der Waals surface area contributed by atoms with Gasteiger partial charge in [0.05, 0.1) is 6.61 Å². The van der Waals surface area contributed by atoms with E-state index in [0.29, 0.717) is 18.8 Å². The number of benzene rings is 1. The van der Waals surface area contributed by atoms with E-state index < -0.39 is 30.2 Å². The van der Waals surface area contributed by atoms with Gasteiger partial charge in [0, 0.05) is 6.42 Å². The van der Waals surface area contributed by atoms with Crippen molar-refractivity contribution in [1.82, 2.24) is 0 Å². The first-order valence-corrected chi connectivity index (χ1v) is 8.81. The monoisotopic (exact) mass is 392 g/mol. The highest BCUT2D eigenvalue weighted by atomic mass is 32.2. The summed E-state index contributed by atoms with van der Waals surface area (Å²) in [7, 11) is 0. The molecular weight excluding hydrogens is 373 g/mol. The van der Waals surface area contributed by atoms with E-state index in [-0.39, 0.29) is 0 Å². The Kier molecular flexibility index (Phi) is 8.37. The maximum atomic E-state index is 13.0. The SMILES string of the molecule is FC(F)(F)C(F)(F)C(F)(F)CCSCCCCCOc1ccccc1. The van der Waals surface area contributed by atoms with Gasteiger partial charge in [0.25, 0.3) is 0 Å². The number of para-hydroxylation sites is 1. The number of hydrogen-bond donors (Lipinski definition) is 0. The molecule has 25 heavy (non-hydrogen) atoms. The zero-order valence-corrected chi connectivity index (χ0v) is 14.1. The van der Waals surface area contributed by atoms with Crippen LogP contribution >= 0.6 is 11.8 Å². The molecule has 0 atom stereocenters. The lowest BCUT2D eigenvalue weighted by molar-refractivity contribution is -0.354. The molecule has 9 heteroatoms. The van der Waals surface area contributed by atoms with Crippen LogP contribution in [-0.4, -0.2) is 36.1 Å². The van der Waals surface area contributed by atoms with Crippen LogP contribution in [0.1, 0.15) is 25.7 Å². The first-order valence-electron chi connectivity index (χ1n) is 7.66. The Balaban J connectivity index is 2.10. The minimum atomic E-state index is -6.25. The smallest absolute Gasteiger partial charge is 0.459 e. The second kappa shape index (κ2) is 9.54. The van der Waals surface area contributed by atoms with Gasteiger partial charge in [-0.05, 0) is 42.9 Å². The van der Waals surface area contributed by atoms with E-state index in [1.807, 2.05) is 30.3 Å². The van der Waals surface area contributed by atoms with Gasteiger partial charge in [-0.15, -0.1) is 0 Å². The van der Waals surface area contributed by atoms with Gasteiger partial charge >= 0.3 is 18.0 Å². The number of ether oxygens (including phenoxy) is 1. The minimum Gasteiger partial charge on any atom is -0.494 e. The summed E-state index contributed by atoms with van der Waals surface area (Å²) in [5.74, 6) is -10.4. The molecule has 0 N–H and O–H groups in total. The highest BCUT2D eigenvalue weighted by molar-refractivity contribution is 7.99. The lowest BCUT2D eigenvalue weighted by atomic mass is 10.1. The molecule has 0 unspecified atom stereocenters. The van der Waals surface area contributed by atoms with Gasteiger partial charge in [0.15, 0.2) is 0 Å². The van der Waals surface area contributed by atoms with Gasteiger partial charge in [0.1, 0.15) is 5.75 Å². The molecule has 0 amide bonds. The summed E-state index contributed by atoms with van der Waals surface area (Å²) in [6.07, 6.45) is -5.64. The molecule has 1 rings (SSSR count). The molecule has 0 saturated heterocycles. The number of rotatable bonds is 11. The number of unbranched alkanes of at least 4 members (excludes halogenated alkanes) is 2. The Bertz CT molecular complexity index is 491. The van der Waals surface area contributed by atoms with Crippen molar-refractivity contribution < 1.29 is 35.5 Å². The van der Waals surface area contributed by atoms with E-state index in [0.717, 1.165) is 30.4 Å². The Morgan fingerprint density at radius 3 is 2.04 bits per heavy atom. The quantitative estimate of drug-likeness (QED) is 0.328. The Morgan fingerprint density at radius 2 is 1.44 bits per heavy atom. The fraction of sp³-hybridized carbons (Fsp3) is 0.625. The Morgan fingerprint density at radius 1 is 0.800 bits per heavy atom. The lowest BCUT2D eigenvalue weighted by Crippen LogP contribution is -2.52. The average molecular weight is 392 g/mol. The van der Waals surface area contributed by atoms with Crippen LogP contribution in [0, 0.1) is 0 Å². The molecule has 0 aliphatic heterocycles. The number of thioether (sulfide) groups is 1. The molecule has 0 spiro atoms. The standard InChI is InChI=1S/C16H19F7OS/c17-14(18,15(19,20)16(21,22)23)9-12-25-11-6-2-5-10-24-13-7-3-1-4-8-13/h1,3-4,7-8H,2,5-6,9-12H2. The highest BCUT2D eigenvalue weighted by Crippen LogP contribution is 2.48. The van der Waals surface area contributed by atoms with E-state index in [2.05, 4.69) is 0 Å². The molecular formula is C16H19F7OS. The zero-order chi connectivity index (χ0) is 19.0. The summed E-state index contributed by atoms with van der Waals surface area (Å²) in [5.41, 5.74) is 0. The molecule has 1 aromatic rings. The van der Waals surface area contributed by atoms with Crippen molar-refractivity contribution >= 4 is 11.8 Å². The third-order valence-corrected chi connectivity index (χ3v) is 4.39. The normalized spacial score (nSPS) is 13.1. The second-order valence-corrected chi connectivity index (χ2v) is 6.59. The molecule has 0 aliphatic carbocycles. The molecule has 0 aromatic heterocycles. The van der Waals surface area contributed by atoms with Gasteiger partial charge in [-0.3, -0.25) is 0 Å². The first-order chi connectivity index (χ1) is 11.6. The first kappa shape index (κ1) is 21.9. The highest BCUT2D eigenvalue weighted by Gasteiger charge is 2.72. The predicted molar refractivity (Wildman–Crippen MR) is 83.7 cm³/mol.